The Hall–Kier alpha value is -0.990. The fraction of sp³-hybridized carbons (Fsp3) is 0.972. The Bertz CT molecular complexity index is 456. The van der Waals surface area contributed by atoms with Crippen LogP contribution in [-0.2, 0) is 57.4 Å². The monoisotopic (exact) mass is 872 g/mol. The van der Waals surface area contributed by atoms with Crippen molar-refractivity contribution in [2.24, 2.45) is 4.99 Å². The Kier molecular flexibility index (Phi) is 226. The minimum absolute atomic E-state index is 0.202. The average Bonchev–Trinajstić information content (AvgIpc) is 4.06. The maximum absolute atomic E-state index is 8.88. The highest BCUT2D eigenvalue weighted by atomic mass is 32.1. The largest absolute Gasteiger partial charge is 0.400 e. The van der Waals surface area contributed by atoms with Gasteiger partial charge in [-0.15, -0.1) is 0 Å². The van der Waals surface area contributed by atoms with Crippen LogP contribution >= 0.6 is 12.6 Å². The predicted octanol–water partition coefficient (Wildman–Crippen LogP) is 3.28. The quantitative estimate of drug-likeness (QED) is 0.0136. The second-order valence-corrected chi connectivity index (χ2v) is 8.02. The van der Waals surface area contributed by atoms with E-state index in [0.29, 0.717) is 46.2 Å². The second-order valence-electron chi connectivity index (χ2n) is 8.02. The van der Waals surface area contributed by atoms with Crippen molar-refractivity contribution in [3.8, 4) is 0 Å². The smallest absolute Gasteiger partial charge is 0.234 e. The topological polar surface area (TPSA) is 243 Å². The molecule has 0 aromatic carbocycles. The van der Waals surface area contributed by atoms with Gasteiger partial charge in [0.25, 0.3) is 0 Å². The summed E-state index contributed by atoms with van der Waals surface area (Å²) >= 11 is 3.53. The first-order valence-corrected chi connectivity index (χ1v) is 19.3. The van der Waals surface area contributed by atoms with Gasteiger partial charge in [-0.1, -0.05) is 13.8 Å². The molecule has 1 aliphatic heterocycles. The van der Waals surface area contributed by atoms with Crippen LogP contribution in [0.15, 0.2) is 4.99 Å². The molecule has 1 aliphatic rings. The van der Waals surface area contributed by atoms with Crippen molar-refractivity contribution in [1.29, 1.82) is 0 Å². The number of hydrogen-bond acceptors (Lipinski definition) is 21. The maximum atomic E-state index is 8.88. The number of carbonyl (C=O) groups excluding carboxylic acids is 1. The van der Waals surface area contributed by atoms with Crippen LogP contribution in [0.25, 0.3) is 0 Å². The van der Waals surface area contributed by atoms with E-state index in [9.17, 15) is 0 Å². The van der Waals surface area contributed by atoms with E-state index in [2.05, 4.69) is 79.4 Å². The van der Waals surface area contributed by atoms with Crippen molar-refractivity contribution in [3.05, 3.63) is 0 Å². The summed E-state index contributed by atoms with van der Waals surface area (Å²) in [7, 11) is 18.0. The molecule has 362 valence electrons. The number of thiol groups is 1. The first-order valence-electron chi connectivity index (χ1n) is 18.4. The first kappa shape index (κ1) is 87.5. The molecule has 57 heavy (non-hydrogen) atoms. The van der Waals surface area contributed by atoms with Crippen LogP contribution < -0.4 is 21.3 Å². The Morgan fingerprint density at radius 1 is 0.684 bits per heavy atom. The number of nitrogens with one attached hydrogen (secondary N) is 4. The van der Waals surface area contributed by atoms with Gasteiger partial charge in [-0.2, -0.15) is 12.6 Å². The standard InChI is InChI=1S/C6H15NO2.C4H11NO.C4H10O3.2C3H9NO.C3H6O.C3H8O.C2H3NO.C2H6O2.C2H6O.C2H6.CH4O.CH4S/c1-7-6-9-5-3-4-8-2;1-3-6-4-5-2;1-3-6-7-4-5-2;2*1-4-3-5-2;1-3-2-4-3;1-3-4-2;1-3-2-4;1-2-4-3;1-2-3;3*1-2/h7H,3-6H2,1-2H3;5H,3-4H2,1-2H3;3-4H2,1-2H3;2*4H,3H2,1-2H3;3H,2H2,1H3;3H2,1-2H3;1H3;3H,2H2,1H3;3H,2H2,1H3;1-2H3;2*2H,1H3. The molecule has 0 aromatic heterocycles. The lowest BCUT2D eigenvalue weighted by Gasteiger charge is -2.00. The second kappa shape index (κ2) is 147. The zero-order valence-corrected chi connectivity index (χ0v) is 41.0. The third kappa shape index (κ3) is 319. The van der Waals surface area contributed by atoms with Crippen molar-refractivity contribution in [2.75, 3.05) is 171 Å². The highest BCUT2D eigenvalue weighted by Gasteiger charge is 2.13. The number of hydrogen-bond donors (Lipinski definition) is 8. The lowest BCUT2D eigenvalue weighted by molar-refractivity contribution is -0.329. The van der Waals surface area contributed by atoms with Crippen molar-refractivity contribution in [3.63, 3.8) is 0 Å². The summed E-state index contributed by atoms with van der Waals surface area (Å²) in [6, 6.07) is 0. The number of ether oxygens (including phenoxy) is 8. The molecule has 21 heteroatoms. The molecule has 0 saturated carbocycles. The van der Waals surface area contributed by atoms with Gasteiger partial charge in [0.05, 0.1) is 59.5 Å². The summed E-state index contributed by atoms with van der Waals surface area (Å²) < 4.78 is 37.7. The van der Waals surface area contributed by atoms with Gasteiger partial charge in [0.1, 0.15) is 0 Å². The lowest BCUT2D eigenvalue weighted by Crippen LogP contribution is -2.12. The molecule has 1 saturated heterocycles. The minimum atomic E-state index is 0.202. The number of rotatable bonds is 19. The van der Waals surface area contributed by atoms with Gasteiger partial charge in [-0.3, -0.25) is 26.5 Å². The summed E-state index contributed by atoms with van der Waals surface area (Å²) in [5.74, 6) is 0. The van der Waals surface area contributed by atoms with E-state index in [4.69, 9.17) is 39.2 Å². The highest BCUT2D eigenvalue weighted by molar-refractivity contribution is 7.79. The van der Waals surface area contributed by atoms with Crippen molar-refractivity contribution in [2.45, 2.75) is 67.9 Å². The summed E-state index contributed by atoms with van der Waals surface area (Å²) in [6.45, 7) is 23.3. The van der Waals surface area contributed by atoms with Crippen LogP contribution in [0.1, 0.15) is 61.8 Å². The molecule has 7 N–H and O–H groups in total. The lowest BCUT2D eigenvalue weighted by atomic mass is 10.5. The van der Waals surface area contributed by atoms with Gasteiger partial charge in [0.15, 0.2) is 6.79 Å². The number of aliphatic hydroxyl groups is 2. The molecule has 20 nitrogen and oxygen atoms in total. The molecule has 0 spiro atoms. The zero-order chi connectivity index (χ0) is 47.5. The Labute approximate surface area is 355 Å². The molecule has 0 aliphatic carbocycles. The van der Waals surface area contributed by atoms with Crippen LogP contribution in [0.4, 0.5) is 0 Å². The van der Waals surface area contributed by atoms with Gasteiger partial charge >= 0.3 is 0 Å². The molecule has 1 fully saturated rings. The van der Waals surface area contributed by atoms with Crippen molar-refractivity contribution in [1.82, 2.24) is 21.3 Å². The van der Waals surface area contributed by atoms with Gasteiger partial charge in [0, 0.05) is 76.1 Å². The van der Waals surface area contributed by atoms with E-state index in [-0.39, 0.29) is 13.4 Å². The third-order valence-corrected chi connectivity index (χ3v) is 3.29. The van der Waals surface area contributed by atoms with E-state index in [0.717, 1.165) is 46.6 Å². The Balaban J connectivity index is -0.0000000394. The van der Waals surface area contributed by atoms with Crippen molar-refractivity contribution >= 4 is 18.7 Å². The van der Waals surface area contributed by atoms with Crippen LogP contribution in [0.3, 0.4) is 0 Å². The Morgan fingerprint density at radius 2 is 1.04 bits per heavy atom. The van der Waals surface area contributed by atoms with E-state index < -0.39 is 0 Å². The van der Waals surface area contributed by atoms with Crippen LogP contribution in [0.2, 0.25) is 0 Å². The molecular formula is C36H97N5O15S. The molecule has 1 unspecified atom stereocenters. The summed E-state index contributed by atoms with van der Waals surface area (Å²) in [6.07, 6.45) is 4.55. The highest BCUT2D eigenvalue weighted by Crippen LogP contribution is 2.04. The van der Waals surface area contributed by atoms with E-state index >= 15 is 0 Å². The molecule has 1 heterocycles. The summed E-state index contributed by atoms with van der Waals surface area (Å²) in [5, 5.41) is 33.3. The molecule has 0 radical (unpaired) electrons. The van der Waals surface area contributed by atoms with Crippen LogP contribution in [-0.4, -0.2) is 198 Å². The van der Waals surface area contributed by atoms with Crippen LogP contribution in [0, 0.1) is 0 Å². The summed E-state index contributed by atoms with van der Waals surface area (Å²) in [4.78, 5) is 24.2. The number of isocyanates is 1. The molecule has 0 aromatic rings. The number of nitrogens with zero attached hydrogens (tertiary/aromatic N) is 1. The fourth-order valence-corrected chi connectivity index (χ4v) is 1.23. The number of aliphatic hydroxyl groups excluding tert-OH is 2. The molecule has 0 amide bonds. The maximum Gasteiger partial charge on any atom is 0.234 e. The third-order valence-electron chi connectivity index (χ3n) is 3.29. The molecular weight excluding hydrogens is 774 g/mol. The van der Waals surface area contributed by atoms with E-state index in [1.165, 1.54) is 13.1 Å². The normalized spacial score (nSPS) is 9.93. The number of methoxy groups -OCH3 is 5. The predicted molar refractivity (Wildman–Crippen MR) is 237 cm³/mol. The number of epoxide rings is 1. The van der Waals surface area contributed by atoms with Crippen LogP contribution in [0.5, 0.6) is 0 Å². The minimum Gasteiger partial charge on any atom is -0.400 e. The number of aliphatic imine (C=N–C) groups is 1. The molecule has 1 rings (SSSR count). The SMILES string of the molecule is CC.CC1CO1.CCO.CCOC.CCOCNC.CCOO.CCOOCOC.CN=C=O.CNCOC.CNCOC.CNCOCCCOC.CO.CS. The van der Waals surface area contributed by atoms with Gasteiger partial charge in [-0.25, -0.2) is 24.4 Å². The van der Waals surface area contributed by atoms with Gasteiger partial charge in [-0.05, 0) is 82.4 Å². The Morgan fingerprint density at radius 3 is 1.19 bits per heavy atom. The molecule has 0 bridgehead atoms. The molecule has 1 atom stereocenters. The fourth-order valence-electron chi connectivity index (χ4n) is 1.23. The van der Waals surface area contributed by atoms with E-state index in [1.807, 2.05) is 62.8 Å². The van der Waals surface area contributed by atoms with Gasteiger partial charge in [0.2, 0.25) is 6.08 Å². The van der Waals surface area contributed by atoms with Gasteiger partial charge < -0.3 is 48.1 Å². The first-order chi connectivity index (χ1) is 27.6. The zero-order valence-electron chi connectivity index (χ0n) is 40.1. The average molecular weight is 872 g/mol. The van der Waals surface area contributed by atoms with E-state index in [1.54, 1.807) is 55.7 Å². The summed E-state index contributed by atoms with van der Waals surface area (Å²) in [5.41, 5.74) is 0. The van der Waals surface area contributed by atoms with Crippen molar-refractivity contribution < 1.29 is 72.8 Å².